The molecule has 1 amide bonds. The van der Waals surface area contributed by atoms with Gasteiger partial charge in [0, 0.05) is 81.1 Å². The maximum Gasteiger partial charge on any atom is 0.311 e. The molecule has 0 bridgehead atoms. The molecular weight excluding hydrogens is 895 g/mol. The zero-order valence-electron chi connectivity index (χ0n) is 43.2. The van der Waals surface area contributed by atoms with Crippen molar-refractivity contribution in [3.8, 4) is 0 Å². The fourth-order valence-corrected chi connectivity index (χ4v) is 14.4. The molecule has 4 fully saturated rings. The van der Waals surface area contributed by atoms with E-state index in [0.717, 1.165) is 6.08 Å². The molecule has 16 heteroatoms. The van der Waals surface area contributed by atoms with E-state index in [2.05, 4.69) is 0 Å². The number of ether oxygens (including phenoxy) is 1. The molecule has 0 aromatic rings. The molecule has 14 nitrogen and oxygen atoms in total. The molecule has 2 unspecified atom stereocenters. The number of esters is 1. The minimum Gasteiger partial charge on any atom is -0.459 e. The largest absolute Gasteiger partial charge is 0.459 e. The fraction of sp³-hybridized carbons (Fsp3) is 0.830. The number of fused-ring (bicyclic) bond motifs is 5. The summed E-state index contributed by atoms with van der Waals surface area (Å²) >= 11 is 0. The number of carbonyl (C=O) groups is 5. The Morgan fingerprint density at radius 3 is 2.14 bits per heavy atom. The molecule has 19 atom stereocenters. The zero-order valence-corrected chi connectivity index (χ0v) is 43.2. The summed E-state index contributed by atoms with van der Waals surface area (Å²) in [6, 6.07) is -0.759. The molecule has 392 valence electrons. The van der Waals surface area contributed by atoms with Crippen molar-refractivity contribution < 1.29 is 68.1 Å². The molecule has 1 aliphatic heterocycles. The van der Waals surface area contributed by atoms with E-state index in [0.29, 0.717) is 12.8 Å². The summed E-state index contributed by atoms with van der Waals surface area (Å²) in [5.74, 6) is -6.40. The monoisotopic (exact) mass is 979 g/mol. The number of ketones is 3. The summed E-state index contributed by atoms with van der Waals surface area (Å²) in [7, 11) is 0. The number of aliphatic hydroxyl groups excluding tert-OH is 4. The first kappa shape index (κ1) is 56.9. The van der Waals surface area contributed by atoms with Crippen LogP contribution in [0.1, 0.15) is 141 Å². The van der Waals surface area contributed by atoms with E-state index in [1.54, 1.807) is 20.8 Å². The number of carbonyl (C=O) groups excluding carboxylic acids is 5. The third-order valence-electron chi connectivity index (χ3n) is 18.5. The third kappa shape index (κ3) is 9.96. The first-order chi connectivity index (χ1) is 31.8. The highest BCUT2D eigenvalue weighted by Crippen LogP contribution is 2.74. The summed E-state index contributed by atoms with van der Waals surface area (Å²) in [6.45, 7) is 20.2. The van der Waals surface area contributed by atoms with Crippen molar-refractivity contribution in [2.75, 3.05) is 26.2 Å². The molecule has 0 radical (unpaired) electrons. The van der Waals surface area contributed by atoms with Crippen molar-refractivity contribution in [2.45, 2.75) is 200 Å². The van der Waals surface area contributed by atoms with Gasteiger partial charge in [-0.15, -0.1) is 0 Å². The van der Waals surface area contributed by atoms with Crippen molar-refractivity contribution in [3.63, 3.8) is 0 Å². The normalized spacial score (nSPS) is 45.5. The maximum atomic E-state index is 18.0. The Labute approximate surface area is 408 Å². The standard InChI is InChI=1S/C53H84F2N2O12/c1-13-41(61)52(30(4)22-37-38-24-40(54)39-23-35(59)16-18-48(39,9)53(38,55)42(62)27-49(37,52)10)26-36(60)17-21-56(34(8)58)19-15-20-57-28-29(3)25-50(11,67)45(64)31(5)44(63)32(6)47(66)69-43(14-2)51(12,68)46(65)33(57)7/h16,18,23,29-33,37-38,40,42-46,62-65,67-68H,13-15,17,19-22,24-28H2,1-12H3/t29-,30-,31+,32-,33-,37?,38?,40+,42+,43-,44+,45-,46-,48+,49+,50-,51-,52-,53+/m1/s1. The molecule has 5 rings (SSSR count). The molecule has 4 aliphatic carbocycles. The summed E-state index contributed by atoms with van der Waals surface area (Å²) < 4.78 is 39.8. The lowest BCUT2D eigenvalue weighted by molar-refractivity contribution is -0.212. The number of alkyl halides is 2. The highest BCUT2D eigenvalue weighted by Gasteiger charge is 2.76. The van der Waals surface area contributed by atoms with Crippen molar-refractivity contribution in [2.24, 2.45) is 51.8 Å². The molecule has 69 heavy (non-hydrogen) atoms. The van der Waals surface area contributed by atoms with Gasteiger partial charge in [0.25, 0.3) is 0 Å². The van der Waals surface area contributed by atoms with Gasteiger partial charge in [-0.1, -0.05) is 47.6 Å². The van der Waals surface area contributed by atoms with E-state index >= 15 is 8.78 Å². The summed E-state index contributed by atoms with van der Waals surface area (Å²) in [5, 5.41) is 69.6. The third-order valence-corrected chi connectivity index (χ3v) is 18.5. The van der Waals surface area contributed by atoms with Gasteiger partial charge in [0.1, 0.15) is 35.5 Å². The first-order valence-electron chi connectivity index (χ1n) is 25.5. The van der Waals surface area contributed by atoms with Gasteiger partial charge in [-0.25, -0.2) is 8.78 Å². The van der Waals surface area contributed by atoms with Crippen molar-refractivity contribution in [3.05, 3.63) is 23.8 Å². The van der Waals surface area contributed by atoms with Gasteiger partial charge in [0.2, 0.25) is 5.91 Å². The van der Waals surface area contributed by atoms with E-state index in [9.17, 15) is 54.6 Å². The number of amides is 1. The summed E-state index contributed by atoms with van der Waals surface area (Å²) in [4.78, 5) is 71.0. The highest BCUT2D eigenvalue weighted by atomic mass is 19.1. The SMILES string of the molecule is CCC(=O)[C@@]1(CC(=O)CCN(CCCN2C[C@H](C)C[C@@](C)(O)[C@H](O)[C@@H](C)[C@H](O)[C@@H](C)C(=O)O[C@H](CC)[C@@](C)(O)[C@H](O)[C@H]2C)C(C)=O)[C@H](C)CC2C3C[C@H](F)C4=CC(=O)C=C[C@]4(C)[C@@]3(F)[C@@H](O)C[C@@]21C. The van der Waals surface area contributed by atoms with Crippen LogP contribution in [0.4, 0.5) is 8.78 Å². The van der Waals surface area contributed by atoms with Crippen molar-refractivity contribution in [1.29, 1.82) is 0 Å². The van der Waals surface area contributed by atoms with Crippen LogP contribution in [0.15, 0.2) is 23.8 Å². The van der Waals surface area contributed by atoms with Gasteiger partial charge in [-0.05, 0) is 114 Å². The van der Waals surface area contributed by atoms with Crippen molar-refractivity contribution in [1.82, 2.24) is 9.80 Å². The van der Waals surface area contributed by atoms with Gasteiger partial charge in [0.15, 0.2) is 11.5 Å². The van der Waals surface area contributed by atoms with Gasteiger partial charge < -0.3 is 40.3 Å². The van der Waals surface area contributed by atoms with E-state index in [1.807, 2.05) is 25.7 Å². The Morgan fingerprint density at radius 2 is 1.55 bits per heavy atom. The Kier molecular flexibility index (Phi) is 17.2. The molecule has 0 aromatic carbocycles. The van der Waals surface area contributed by atoms with E-state index < -0.39 is 117 Å². The smallest absolute Gasteiger partial charge is 0.311 e. The number of Topliss-reactive ketones (excluding diaryl/α,β-unsaturated/α-hetero) is 2. The average molecular weight is 979 g/mol. The van der Waals surface area contributed by atoms with E-state index in [1.165, 1.54) is 58.6 Å². The Balaban J connectivity index is 1.34. The minimum absolute atomic E-state index is 0.0125. The number of cyclic esters (lactones) is 1. The van der Waals surface area contributed by atoms with Crippen LogP contribution in [0.25, 0.3) is 0 Å². The maximum absolute atomic E-state index is 18.0. The first-order valence-corrected chi connectivity index (χ1v) is 25.5. The highest BCUT2D eigenvalue weighted by molar-refractivity contribution is 6.01. The van der Waals surface area contributed by atoms with Crippen LogP contribution >= 0.6 is 0 Å². The van der Waals surface area contributed by atoms with Crippen LogP contribution in [0, 0.1) is 51.8 Å². The molecule has 1 saturated heterocycles. The molecular formula is C53H84F2N2O12. The Morgan fingerprint density at radius 1 is 0.913 bits per heavy atom. The number of nitrogens with zero attached hydrogens (tertiary/aromatic N) is 2. The lowest BCUT2D eigenvalue weighted by Crippen LogP contribution is -2.69. The predicted octanol–water partition coefficient (Wildman–Crippen LogP) is 5.01. The molecule has 6 N–H and O–H groups in total. The Hall–Kier alpha value is -2.99. The second kappa shape index (κ2) is 20.9. The van der Waals surface area contributed by atoms with Crippen LogP contribution < -0.4 is 0 Å². The molecule has 0 spiro atoms. The lowest BCUT2D eigenvalue weighted by Gasteiger charge is -2.63. The average Bonchev–Trinajstić information content (AvgIpc) is 3.49. The Bertz CT molecular complexity index is 1990. The second-order valence-corrected chi connectivity index (χ2v) is 23.1. The number of hydrogen-bond acceptors (Lipinski definition) is 13. The number of aliphatic hydroxyl groups is 6. The topological polar surface area (TPSA) is 222 Å². The van der Waals surface area contributed by atoms with Crippen molar-refractivity contribution >= 4 is 29.2 Å². The molecule has 5 aliphatic rings. The van der Waals surface area contributed by atoms with Crippen LogP contribution in [-0.4, -0.2) is 155 Å². The van der Waals surface area contributed by atoms with E-state index in [-0.39, 0.29) is 100 Å². The zero-order chi connectivity index (χ0) is 52.1. The van der Waals surface area contributed by atoms with Crippen LogP contribution in [0.5, 0.6) is 0 Å². The molecule has 1 heterocycles. The predicted molar refractivity (Wildman–Crippen MR) is 255 cm³/mol. The van der Waals surface area contributed by atoms with Crippen LogP contribution in [0.3, 0.4) is 0 Å². The number of halogens is 2. The van der Waals surface area contributed by atoms with Gasteiger partial charge in [-0.3, -0.25) is 28.9 Å². The van der Waals surface area contributed by atoms with Crippen LogP contribution in [-0.2, 0) is 28.7 Å². The number of allylic oxidation sites excluding steroid dienone is 4. The second-order valence-electron chi connectivity index (χ2n) is 23.1. The summed E-state index contributed by atoms with van der Waals surface area (Å²) in [5.41, 5.74) is -9.92. The van der Waals surface area contributed by atoms with Crippen LogP contribution in [0.2, 0.25) is 0 Å². The quantitative estimate of drug-likeness (QED) is 0.142. The van der Waals surface area contributed by atoms with Gasteiger partial charge in [0.05, 0.1) is 29.8 Å². The number of hydrogen-bond donors (Lipinski definition) is 6. The minimum atomic E-state index is -2.33. The summed E-state index contributed by atoms with van der Waals surface area (Å²) in [6.07, 6.45) is -4.70. The fourth-order valence-electron chi connectivity index (χ4n) is 14.4. The molecule has 3 saturated carbocycles. The van der Waals surface area contributed by atoms with E-state index in [4.69, 9.17) is 4.74 Å². The number of rotatable bonds is 12. The van der Waals surface area contributed by atoms with Gasteiger partial charge in [-0.2, -0.15) is 0 Å². The van der Waals surface area contributed by atoms with Gasteiger partial charge >= 0.3 is 5.97 Å². The lowest BCUT2D eigenvalue weighted by atomic mass is 9.42. The molecule has 0 aromatic heterocycles.